The molecule has 5 nitrogen and oxygen atoms in total. The van der Waals surface area contributed by atoms with Crippen molar-refractivity contribution >= 4 is 5.91 Å². The third-order valence-electron chi connectivity index (χ3n) is 3.39. The Labute approximate surface area is 131 Å². The molecule has 0 aliphatic rings. The van der Waals surface area contributed by atoms with Crippen LogP contribution in [-0.4, -0.2) is 27.0 Å². The summed E-state index contributed by atoms with van der Waals surface area (Å²) in [5.74, 6) is -2.10. The normalized spacial score (nSPS) is 10.7. The van der Waals surface area contributed by atoms with Crippen molar-refractivity contribution in [1.29, 1.82) is 0 Å². The number of benzene rings is 1. The molecule has 7 heteroatoms. The molecule has 3 rings (SSSR count). The summed E-state index contributed by atoms with van der Waals surface area (Å²) in [7, 11) is 0. The van der Waals surface area contributed by atoms with E-state index in [9.17, 15) is 13.6 Å². The minimum atomic E-state index is -0.936. The summed E-state index contributed by atoms with van der Waals surface area (Å²) in [6, 6.07) is 5.59. The molecule has 3 aromatic rings. The van der Waals surface area contributed by atoms with Crippen molar-refractivity contribution < 1.29 is 13.6 Å². The molecule has 1 amide bonds. The lowest BCUT2D eigenvalue weighted by atomic mass is 10.1. The Hall–Kier alpha value is -2.96. The number of halogens is 2. The minimum absolute atomic E-state index is 0.100. The van der Waals surface area contributed by atoms with E-state index in [0.29, 0.717) is 23.6 Å². The Kier molecular flexibility index (Phi) is 3.92. The second-order valence-electron chi connectivity index (χ2n) is 4.88. The van der Waals surface area contributed by atoms with E-state index in [-0.39, 0.29) is 11.5 Å². The number of carbonyl (C=O) groups is 1. The number of H-pyrrole nitrogens is 1. The van der Waals surface area contributed by atoms with Gasteiger partial charge in [-0.2, -0.15) is 0 Å². The molecule has 0 unspecified atom stereocenters. The number of carbonyl (C=O) groups excluding carboxylic acids is 1. The summed E-state index contributed by atoms with van der Waals surface area (Å²) in [5, 5.41) is 2.68. The molecule has 2 heterocycles. The zero-order valence-electron chi connectivity index (χ0n) is 12.3. The van der Waals surface area contributed by atoms with E-state index in [0.717, 1.165) is 6.07 Å². The van der Waals surface area contributed by atoms with Gasteiger partial charge in [0.25, 0.3) is 5.91 Å². The average Bonchev–Trinajstić information content (AvgIpc) is 3.18. The van der Waals surface area contributed by atoms with Gasteiger partial charge in [0.15, 0.2) is 11.6 Å². The first-order valence-corrected chi connectivity index (χ1v) is 7.05. The van der Waals surface area contributed by atoms with Crippen LogP contribution in [0.4, 0.5) is 8.78 Å². The van der Waals surface area contributed by atoms with Gasteiger partial charge in [0.1, 0.15) is 5.69 Å². The Morgan fingerprint density at radius 3 is 3.00 bits per heavy atom. The second kappa shape index (κ2) is 6.04. The lowest BCUT2D eigenvalue weighted by Gasteiger charge is -2.07. The average molecular weight is 316 g/mol. The van der Waals surface area contributed by atoms with Crippen molar-refractivity contribution in [3.8, 4) is 16.9 Å². The van der Waals surface area contributed by atoms with Crippen molar-refractivity contribution in [2.75, 3.05) is 6.54 Å². The topological polar surface area (TPSA) is 62.7 Å². The van der Waals surface area contributed by atoms with Gasteiger partial charge in [0, 0.05) is 18.3 Å². The van der Waals surface area contributed by atoms with E-state index in [1.54, 1.807) is 16.8 Å². The maximum Gasteiger partial charge on any atom is 0.267 e. The summed E-state index contributed by atoms with van der Waals surface area (Å²) in [4.78, 5) is 18.7. The molecule has 0 aliphatic carbocycles. The number of amides is 1. The number of aromatic nitrogens is 3. The molecule has 0 bridgehead atoms. The molecule has 0 aliphatic heterocycles. The van der Waals surface area contributed by atoms with Gasteiger partial charge in [-0.15, -0.1) is 0 Å². The molecular weight excluding hydrogens is 302 g/mol. The van der Waals surface area contributed by atoms with E-state index in [1.807, 2.05) is 6.92 Å². The fraction of sp³-hybridized carbons (Fsp3) is 0.125. The highest BCUT2D eigenvalue weighted by Gasteiger charge is 2.16. The lowest BCUT2D eigenvalue weighted by molar-refractivity contribution is 0.0951. The first-order chi connectivity index (χ1) is 11.1. The standard InChI is InChI=1S/C16H14F2N4O/c1-2-20-16(23)13-6-10(7-21-13)22-9-19-8-14(22)11-4-3-5-12(17)15(11)18/h3-9,21H,2H2,1H3,(H,20,23). The predicted octanol–water partition coefficient (Wildman–Crippen LogP) is 2.90. The van der Waals surface area contributed by atoms with Gasteiger partial charge in [0.05, 0.1) is 23.9 Å². The SMILES string of the molecule is CCNC(=O)c1cc(-n2cncc2-c2cccc(F)c2F)c[nH]1. The van der Waals surface area contributed by atoms with Crippen molar-refractivity contribution in [2.45, 2.75) is 6.92 Å². The van der Waals surface area contributed by atoms with Crippen LogP contribution in [0, 0.1) is 11.6 Å². The number of hydrogen-bond donors (Lipinski definition) is 2. The summed E-state index contributed by atoms with van der Waals surface area (Å²) in [6.07, 6.45) is 4.52. The quantitative estimate of drug-likeness (QED) is 0.777. The van der Waals surface area contributed by atoms with Crippen molar-refractivity contribution in [2.24, 2.45) is 0 Å². The maximum atomic E-state index is 14.0. The van der Waals surface area contributed by atoms with E-state index in [1.165, 1.54) is 24.7 Å². The van der Waals surface area contributed by atoms with Gasteiger partial charge in [-0.1, -0.05) is 6.07 Å². The van der Waals surface area contributed by atoms with Gasteiger partial charge >= 0.3 is 0 Å². The van der Waals surface area contributed by atoms with Gasteiger partial charge in [0.2, 0.25) is 0 Å². The molecule has 23 heavy (non-hydrogen) atoms. The summed E-state index contributed by atoms with van der Waals surface area (Å²) in [6.45, 7) is 2.33. The minimum Gasteiger partial charge on any atom is -0.355 e. The van der Waals surface area contributed by atoms with Crippen LogP contribution in [0.5, 0.6) is 0 Å². The first kappa shape index (κ1) is 15.0. The van der Waals surface area contributed by atoms with Crippen molar-refractivity contribution in [1.82, 2.24) is 19.9 Å². The highest BCUT2D eigenvalue weighted by Crippen LogP contribution is 2.26. The molecule has 0 saturated heterocycles. The van der Waals surface area contributed by atoms with Crippen LogP contribution in [-0.2, 0) is 0 Å². The number of nitrogens with zero attached hydrogens (tertiary/aromatic N) is 2. The van der Waals surface area contributed by atoms with Gasteiger partial charge < -0.3 is 10.3 Å². The van der Waals surface area contributed by atoms with E-state index < -0.39 is 11.6 Å². The molecule has 0 atom stereocenters. The third kappa shape index (κ3) is 2.73. The number of aromatic amines is 1. The van der Waals surface area contributed by atoms with Gasteiger partial charge in [-0.05, 0) is 25.1 Å². The molecule has 0 spiro atoms. The molecule has 2 aromatic heterocycles. The summed E-state index contributed by atoms with van der Waals surface area (Å²) in [5.41, 5.74) is 1.47. The number of rotatable bonds is 4. The molecule has 0 saturated carbocycles. The zero-order valence-corrected chi connectivity index (χ0v) is 12.3. The zero-order chi connectivity index (χ0) is 16.4. The highest BCUT2D eigenvalue weighted by atomic mass is 19.2. The summed E-state index contributed by atoms with van der Waals surface area (Å²) < 4.78 is 29.0. The Morgan fingerprint density at radius 1 is 1.39 bits per heavy atom. The van der Waals surface area contributed by atoms with Crippen LogP contribution < -0.4 is 5.32 Å². The maximum absolute atomic E-state index is 14.0. The second-order valence-corrected chi connectivity index (χ2v) is 4.88. The fourth-order valence-corrected chi connectivity index (χ4v) is 2.31. The van der Waals surface area contributed by atoms with Crippen LogP contribution in [0.15, 0.2) is 43.0 Å². The van der Waals surface area contributed by atoms with Crippen LogP contribution in [0.2, 0.25) is 0 Å². The lowest BCUT2D eigenvalue weighted by Crippen LogP contribution is -2.22. The van der Waals surface area contributed by atoms with Crippen LogP contribution in [0.3, 0.4) is 0 Å². The predicted molar refractivity (Wildman–Crippen MR) is 81.3 cm³/mol. The van der Waals surface area contributed by atoms with Crippen LogP contribution in [0.1, 0.15) is 17.4 Å². The number of hydrogen-bond acceptors (Lipinski definition) is 2. The Bertz CT molecular complexity index is 853. The molecular formula is C16H14F2N4O. The molecule has 0 fully saturated rings. The largest absolute Gasteiger partial charge is 0.355 e. The first-order valence-electron chi connectivity index (χ1n) is 7.05. The van der Waals surface area contributed by atoms with Crippen molar-refractivity contribution in [3.63, 3.8) is 0 Å². The fourth-order valence-electron chi connectivity index (χ4n) is 2.31. The number of nitrogens with one attached hydrogen (secondary N) is 2. The smallest absolute Gasteiger partial charge is 0.267 e. The molecule has 0 radical (unpaired) electrons. The molecule has 118 valence electrons. The molecule has 1 aromatic carbocycles. The van der Waals surface area contributed by atoms with Gasteiger partial charge in [-0.25, -0.2) is 13.8 Å². The van der Waals surface area contributed by atoms with E-state index >= 15 is 0 Å². The highest BCUT2D eigenvalue weighted by molar-refractivity contribution is 5.93. The molecule has 2 N–H and O–H groups in total. The summed E-state index contributed by atoms with van der Waals surface area (Å²) >= 11 is 0. The Morgan fingerprint density at radius 2 is 2.22 bits per heavy atom. The number of imidazole rings is 1. The van der Waals surface area contributed by atoms with Gasteiger partial charge in [-0.3, -0.25) is 9.36 Å². The van der Waals surface area contributed by atoms with E-state index in [4.69, 9.17) is 0 Å². The van der Waals surface area contributed by atoms with E-state index in [2.05, 4.69) is 15.3 Å². The monoisotopic (exact) mass is 316 g/mol. The van der Waals surface area contributed by atoms with Crippen molar-refractivity contribution in [3.05, 3.63) is 60.3 Å². The van der Waals surface area contributed by atoms with Crippen LogP contribution in [0.25, 0.3) is 16.9 Å². The third-order valence-corrected chi connectivity index (χ3v) is 3.39. The van der Waals surface area contributed by atoms with Crippen LogP contribution >= 0.6 is 0 Å². The Balaban J connectivity index is 2.02.